The smallest absolute Gasteiger partial charge is 0.243 e. The van der Waals surface area contributed by atoms with Crippen LogP contribution in [-0.4, -0.2) is 27.5 Å². The predicted molar refractivity (Wildman–Crippen MR) is 68.5 cm³/mol. The zero-order valence-corrected chi connectivity index (χ0v) is 9.54. The maximum atomic E-state index is 4.22. The Morgan fingerprint density at radius 3 is 2.81 bits per heavy atom. The molecule has 1 heterocycles. The van der Waals surface area contributed by atoms with Crippen LogP contribution in [0.15, 0.2) is 30.3 Å². The van der Waals surface area contributed by atoms with Crippen molar-refractivity contribution in [2.75, 3.05) is 22.9 Å². The molecule has 0 amide bonds. The number of H-pyrrole nitrogens is 1. The van der Waals surface area contributed by atoms with Gasteiger partial charge in [0.05, 0.1) is 0 Å². The molecular formula is C10H13N5S. The van der Waals surface area contributed by atoms with E-state index in [1.165, 1.54) is 0 Å². The summed E-state index contributed by atoms with van der Waals surface area (Å²) in [5, 5.41) is 13.0. The number of hydrogen-bond donors (Lipinski definition) is 4. The van der Waals surface area contributed by atoms with Crippen LogP contribution in [0.5, 0.6) is 0 Å². The minimum absolute atomic E-state index is 0.576. The molecule has 2 aromatic rings. The standard InChI is InChI=1S/C10H13N5S/c16-7-6-11-9-13-10(15-14-9)12-8-4-2-1-3-5-8/h1-5,16H,6-7H2,(H3,11,12,13,14,15). The zero-order chi connectivity index (χ0) is 11.2. The van der Waals surface area contributed by atoms with Crippen molar-refractivity contribution in [2.45, 2.75) is 0 Å². The van der Waals surface area contributed by atoms with Gasteiger partial charge in [0.1, 0.15) is 0 Å². The third-order valence-corrected chi connectivity index (χ3v) is 2.14. The number of benzene rings is 1. The lowest BCUT2D eigenvalue weighted by atomic mass is 10.3. The van der Waals surface area contributed by atoms with Crippen LogP contribution in [0.1, 0.15) is 0 Å². The van der Waals surface area contributed by atoms with Gasteiger partial charge in [-0.15, -0.1) is 5.10 Å². The van der Waals surface area contributed by atoms with Crippen LogP contribution >= 0.6 is 12.6 Å². The second-order valence-electron chi connectivity index (χ2n) is 3.15. The van der Waals surface area contributed by atoms with Crippen LogP contribution < -0.4 is 10.6 Å². The quantitative estimate of drug-likeness (QED) is 0.598. The van der Waals surface area contributed by atoms with E-state index in [1.54, 1.807) is 0 Å². The summed E-state index contributed by atoms with van der Waals surface area (Å²) in [7, 11) is 0. The number of hydrogen-bond acceptors (Lipinski definition) is 5. The molecular weight excluding hydrogens is 222 g/mol. The van der Waals surface area contributed by atoms with Crippen molar-refractivity contribution in [2.24, 2.45) is 0 Å². The number of nitrogens with zero attached hydrogens (tertiary/aromatic N) is 2. The molecule has 0 spiro atoms. The van der Waals surface area contributed by atoms with Crippen LogP contribution in [0, 0.1) is 0 Å². The largest absolute Gasteiger partial charge is 0.352 e. The van der Waals surface area contributed by atoms with E-state index < -0.39 is 0 Å². The van der Waals surface area contributed by atoms with Gasteiger partial charge in [-0.25, -0.2) is 5.10 Å². The molecule has 1 aromatic carbocycles. The van der Waals surface area contributed by atoms with E-state index in [4.69, 9.17) is 0 Å². The second kappa shape index (κ2) is 5.41. The van der Waals surface area contributed by atoms with E-state index in [9.17, 15) is 0 Å². The molecule has 0 radical (unpaired) electrons. The SMILES string of the molecule is SCCNc1n[nH]c(Nc2ccccc2)n1. The fourth-order valence-corrected chi connectivity index (χ4v) is 1.33. The van der Waals surface area contributed by atoms with Gasteiger partial charge in [0.15, 0.2) is 0 Å². The number of rotatable bonds is 5. The Kier molecular flexibility index (Phi) is 3.66. The summed E-state index contributed by atoms with van der Waals surface area (Å²) in [5.41, 5.74) is 0.972. The third kappa shape index (κ3) is 2.90. The summed E-state index contributed by atoms with van der Waals surface area (Å²) in [6, 6.07) is 9.80. The van der Waals surface area contributed by atoms with Crippen LogP contribution in [-0.2, 0) is 0 Å². The maximum Gasteiger partial charge on any atom is 0.243 e. The van der Waals surface area contributed by atoms with Gasteiger partial charge in [-0.1, -0.05) is 18.2 Å². The van der Waals surface area contributed by atoms with Crippen molar-refractivity contribution in [3.8, 4) is 0 Å². The van der Waals surface area contributed by atoms with Crippen molar-refractivity contribution in [1.29, 1.82) is 0 Å². The first kappa shape index (κ1) is 10.8. The van der Waals surface area contributed by atoms with Crippen molar-refractivity contribution in [3.63, 3.8) is 0 Å². The minimum atomic E-state index is 0.576. The lowest BCUT2D eigenvalue weighted by Gasteiger charge is -2.00. The van der Waals surface area contributed by atoms with Crippen LogP contribution in [0.4, 0.5) is 17.6 Å². The Hall–Kier alpha value is -1.69. The average molecular weight is 235 g/mol. The molecule has 0 fully saturated rings. The summed E-state index contributed by atoms with van der Waals surface area (Å²) >= 11 is 4.09. The van der Waals surface area contributed by atoms with Crippen molar-refractivity contribution in [3.05, 3.63) is 30.3 Å². The fourth-order valence-electron chi connectivity index (χ4n) is 1.22. The molecule has 0 saturated carbocycles. The van der Waals surface area contributed by atoms with E-state index >= 15 is 0 Å². The molecule has 84 valence electrons. The number of aromatic nitrogens is 3. The number of anilines is 3. The highest BCUT2D eigenvalue weighted by molar-refractivity contribution is 7.80. The van der Waals surface area contributed by atoms with Gasteiger partial charge in [-0.3, -0.25) is 0 Å². The fraction of sp³-hybridized carbons (Fsp3) is 0.200. The molecule has 0 saturated heterocycles. The number of thiol groups is 1. The third-order valence-electron chi connectivity index (χ3n) is 1.92. The zero-order valence-electron chi connectivity index (χ0n) is 8.64. The lowest BCUT2D eigenvalue weighted by Crippen LogP contribution is -2.03. The van der Waals surface area contributed by atoms with Crippen LogP contribution in [0.25, 0.3) is 0 Å². The highest BCUT2D eigenvalue weighted by Crippen LogP contribution is 2.12. The Balaban J connectivity index is 1.97. The van der Waals surface area contributed by atoms with E-state index in [-0.39, 0.29) is 0 Å². The Labute approximate surface area is 99.1 Å². The highest BCUT2D eigenvalue weighted by Gasteiger charge is 2.01. The van der Waals surface area contributed by atoms with Crippen molar-refractivity contribution in [1.82, 2.24) is 15.2 Å². The Morgan fingerprint density at radius 1 is 1.25 bits per heavy atom. The minimum Gasteiger partial charge on any atom is -0.352 e. The first-order valence-electron chi connectivity index (χ1n) is 4.97. The summed E-state index contributed by atoms with van der Waals surface area (Å²) in [4.78, 5) is 4.22. The molecule has 0 aliphatic rings. The van der Waals surface area contributed by atoms with E-state index in [1.807, 2.05) is 30.3 Å². The molecule has 16 heavy (non-hydrogen) atoms. The maximum absolute atomic E-state index is 4.22. The van der Waals surface area contributed by atoms with E-state index in [2.05, 4.69) is 38.4 Å². The highest BCUT2D eigenvalue weighted by atomic mass is 32.1. The molecule has 5 nitrogen and oxygen atoms in total. The Bertz CT molecular complexity index is 428. The van der Waals surface area contributed by atoms with Crippen molar-refractivity contribution >= 4 is 30.2 Å². The summed E-state index contributed by atoms with van der Waals surface area (Å²) in [6.07, 6.45) is 0. The molecule has 0 bridgehead atoms. The van der Waals surface area contributed by atoms with E-state index in [0.29, 0.717) is 11.9 Å². The molecule has 0 unspecified atom stereocenters. The lowest BCUT2D eigenvalue weighted by molar-refractivity contribution is 1.07. The predicted octanol–water partition coefficient (Wildman–Crippen LogP) is 1.89. The van der Waals surface area contributed by atoms with E-state index in [0.717, 1.165) is 18.0 Å². The van der Waals surface area contributed by atoms with Gasteiger partial charge in [0.25, 0.3) is 0 Å². The van der Waals surface area contributed by atoms with Gasteiger partial charge in [0, 0.05) is 18.0 Å². The molecule has 0 aliphatic heterocycles. The summed E-state index contributed by atoms with van der Waals surface area (Å²) in [6.45, 7) is 0.742. The Morgan fingerprint density at radius 2 is 2.06 bits per heavy atom. The number of para-hydroxylation sites is 1. The van der Waals surface area contributed by atoms with Crippen LogP contribution in [0.3, 0.4) is 0 Å². The molecule has 0 atom stereocenters. The first-order valence-corrected chi connectivity index (χ1v) is 5.61. The van der Waals surface area contributed by atoms with Gasteiger partial charge in [0.2, 0.25) is 11.9 Å². The topological polar surface area (TPSA) is 65.6 Å². The molecule has 2 rings (SSSR count). The first-order chi connectivity index (χ1) is 7.88. The second-order valence-corrected chi connectivity index (χ2v) is 3.60. The molecule has 1 aromatic heterocycles. The summed E-state index contributed by atoms with van der Waals surface area (Å²) < 4.78 is 0. The molecule has 6 heteroatoms. The van der Waals surface area contributed by atoms with Crippen LogP contribution in [0.2, 0.25) is 0 Å². The van der Waals surface area contributed by atoms with Gasteiger partial charge in [-0.05, 0) is 12.1 Å². The molecule has 3 N–H and O–H groups in total. The average Bonchev–Trinajstić information content (AvgIpc) is 2.75. The van der Waals surface area contributed by atoms with Gasteiger partial charge >= 0.3 is 0 Å². The monoisotopic (exact) mass is 235 g/mol. The van der Waals surface area contributed by atoms with Gasteiger partial charge in [-0.2, -0.15) is 17.6 Å². The normalized spacial score (nSPS) is 10.1. The van der Waals surface area contributed by atoms with Gasteiger partial charge < -0.3 is 10.6 Å². The number of nitrogens with one attached hydrogen (secondary N) is 3. The number of aromatic amines is 1. The van der Waals surface area contributed by atoms with Crippen molar-refractivity contribution < 1.29 is 0 Å². The molecule has 0 aliphatic carbocycles. The summed E-state index contributed by atoms with van der Waals surface area (Å²) in [5.74, 6) is 1.94.